The zero-order valence-corrected chi connectivity index (χ0v) is 10.5. The highest BCUT2D eigenvalue weighted by Gasteiger charge is 2.20. The van der Waals surface area contributed by atoms with Gasteiger partial charge in [0.1, 0.15) is 0 Å². The van der Waals surface area contributed by atoms with Crippen molar-refractivity contribution in [1.82, 2.24) is 0 Å². The number of aliphatic hydroxyl groups excluding tert-OH is 1. The number of hydrogen-bond acceptors (Lipinski definition) is 3. The molecule has 0 unspecified atom stereocenters. The molecule has 1 aliphatic heterocycles. The molecule has 1 aliphatic carbocycles. The number of rotatable bonds is 4. The molecule has 0 spiro atoms. The van der Waals surface area contributed by atoms with Gasteiger partial charge in [0, 0.05) is 12.5 Å². The van der Waals surface area contributed by atoms with Gasteiger partial charge in [0.05, 0.1) is 12.7 Å². The van der Waals surface area contributed by atoms with Crippen LogP contribution in [0.1, 0.15) is 44.9 Å². The topological polar surface area (TPSA) is 38.7 Å². The van der Waals surface area contributed by atoms with Gasteiger partial charge < -0.3 is 14.6 Å². The summed E-state index contributed by atoms with van der Waals surface area (Å²) < 4.78 is 11.1. The summed E-state index contributed by atoms with van der Waals surface area (Å²) in [7, 11) is 0. The molecule has 3 heteroatoms. The van der Waals surface area contributed by atoms with E-state index in [1.807, 2.05) is 6.08 Å². The van der Waals surface area contributed by atoms with Crippen LogP contribution in [0.15, 0.2) is 12.2 Å². The van der Waals surface area contributed by atoms with Gasteiger partial charge in [-0.2, -0.15) is 0 Å². The summed E-state index contributed by atoms with van der Waals surface area (Å²) in [6.45, 7) is 1.43. The highest BCUT2D eigenvalue weighted by molar-refractivity contribution is 4.93. The van der Waals surface area contributed by atoms with Crippen LogP contribution in [-0.2, 0) is 9.47 Å². The van der Waals surface area contributed by atoms with Gasteiger partial charge in [0.2, 0.25) is 0 Å². The van der Waals surface area contributed by atoms with Gasteiger partial charge >= 0.3 is 0 Å². The molecule has 3 nitrogen and oxygen atoms in total. The molecule has 1 saturated carbocycles. The lowest BCUT2D eigenvalue weighted by atomic mass is 9.86. The molecule has 3 atom stereocenters. The van der Waals surface area contributed by atoms with E-state index in [9.17, 15) is 5.11 Å². The van der Waals surface area contributed by atoms with Crippen molar-refractivity contribution in [3.05, 3.63) is 12.2 Å². The molecule has 0 amide bonds. The zero-order valence-electron chi connectivity index (χ0n) is 10.5. The van der Waals surface area contributed by atoms with E-state index in [0.29, 0.717) is 12.5 Å². The average molecular weight is 240 g/mol. The van der Waals surface area contributed by atoms with Gasteiger partial charge in [-0.25, -0.2) is 0 Å². The van der Waals surface area contributed by atoms with Crippen LogP contribution in [0.2, 0.25) is 0 Å². The van der Waals surface area contributed by atoms with E-state index in [2.05, 4.69) is 6.08 Å². The summed E-state index contributed by atoms with van der Waals surface area (Å²) in [6.07, 6.45) is 11.8. The molecule has 2 aliphatic rings. The van der Waals surface area contributed by atoms with E-state index in [1.54, 1.807) is 0 Å². The Balaban J connectivity index is 1.63. The normalized spacial score (nSPS) is 35.2. The molecule has 0 radical (unpaired) electrons. The van der Waals surface area contributed by atoms with Crippen LogP contribution in [0.5, 0.6) is 0 Å². The van der Waals surface area contributed by atoms with Crippen LogP contribution in [0.25, 0.3) is 0 Å². The van der Waals surface area contributed by atoms with E-state index >= 15 is 0 Å². The third kappa shape index (κ3) is 4.41. The maximum atomic E-state index is 9.80. The van der Waals surface area contributed by atoms with Crippen molar-refractivity contribution in [3.63, 3.8) is 0 Å². The predicted molar refractivity (Wildman–Crippen MR) is 66.6 cm³/mol. The molecule has 1 N–H and O–H groups in total. The van der Waals surface area contributed by atoms with Crippen LogP contribution in [-0.4, -0.2) is 30.7 Å². The van der Waals surface area contributed by atoms with Crippen molar-refractivity contribution < 1.29 is 14.6 Å². The first kappa shape index (κ1) is 13.1. The fraction of sp³-hybridized carbons (Fsp3) is 0.857. The maximum absolute atomic E-state index is 9.80. The molecule has 17 heavy (non-hydrogen) atoms. The van der Waals surface area contributed by atoms with Crippen LogP contribution < -0.4 is 0 Å². The second-order valence-electron chi connectivity index (χ2n) is 5.07. The van der Waals surface area contributed by atoms with Crippen molar-refractivity contribution in [2.45, 2.75) is 57.3 Å². The largest absolute Gasteiger partial charge is 0.393 e. The monoisotopic (exact) mass is 240 g/mol. The maximum Gasteiger partial charge on any atom is 0.157 e. The van der Waals surface area contributed by atoms with Crippen molar-refractivity contribution in [3.8, 4) is 0 Å². The molecule has 0 aromatic heterocycles. The van der Waals surface area contributed by atoms with E-state index in [-0.39, 0.29) is 12.4 Å². The highest BCUT2D eigenvalue weighted by Crippen LogP contribution is 2.25. The molecule has 0 aromatic carbocycles. The Kier molecular flexibility index (Phi) is 5.49. The molecule has 1 heterocycles. The number of ether oxygens (including phenoxy) is 2. The lowest BCUT2D eigenvalue weighted by molar-refractivity contribution is -0.155. The van der Waals surface area contributed by atoms with Gasteiger partial charge in [-0.15, -0.1) is 0 Å². The third-order valence-electron chi connectivity index (χ3n) is 3.68. The van der Waals surface area contributed by atoms with Crippen LogP contribution in [0.3, 0.4) is 0 Å². The summed E-state index contributed by atoms with van der Waals surface area (Å²) >= 11 is 0. The van der Waals surface area contributed by atoms with Crippen LogP contribution in [0, 0.1) is 5.92 Å². The minimum Gasteiger partial charge on any atom is -0.393 e. The zero-order chi connectivity index (χ0) is 11.9. The molecule has 1 saturated heterocycles. The standard InChI is InChI=1S/C14H24O3/c15-13-8-2-1-6-12(13)7-5-11-17-14-9-3-4-10-16-14/h5,7,12-15H,1-4,6,8-11H2/b7-5+/t12-,13+,14-/m0/s1. The van der Waals surface area contributed by atoms with Crippen molar-refractivity contribution in [2.24, 2.45) is 5.92 Å². The van der Waals surface area contributed by atoms with Gasteiger partial charge in [-0.1, -0.05) is 25.0 Å². The summed E-state index contributed by atoms with van der Waals surface area (Å²) in [6, 6.07) is 0. The summed E-state index contributed by atoms with van der Waals surface area (Å²) in [4.78, 5) is 0. The summed E-state index contributed by atoms with van der Waals surface area (Å²) in [5.41, 5.74) is 0. The Bertz CT molecular complexity index is 234. The molecule has 2 rings (SSSR count). The first-order valence-corrected chi connectivity index (χ1v) is 6.94. The smallest absolute Gasteiger partial charge is 0.157 e. The molecular weight excluding hydrogens is 216 g/mol. The highest BCUT2D eigenvalue weighted by atomic mass is 16.7. The molecule has 2 fully saturated rings. The van der Waals surface area contributed by atoms with Gasteiger partial charge in [-0.05, 0) is 32.1 Å². The summed E-state index contributed by atoms with van der Waals surface area (Å²) in [5.74, 6) is 0.333. The number of hydrogen-bond donors (Lipinski definition) is 1. The van der Waals surface area contributed by atoms with Gasteiger partial charge in [0.25, 0.3) is 0 Å². The van der Waals surface area contributed by atoms with E-state index < -0.39 is 0 Å². The first-order chi connectivity index (χ1) is 8.36. The Morgan fingerprint density at radius 3 is 2.71 bits per heavy atom. The van der Waals surface area contributed by atoms with Crippen LogP contribution in [0.4, 0.5) is 0 Å². The Morgan fingerprint density at radius 2 is 1.94 bits per heavy atom. The van der Waals surface area contributed by atoms with E-state index in [1.165, 1.54) is 12.8 Å². The quantitative estimate of drug-likeness (QED) is 0.768. The number of aliphatic hydroxyl groups is 1. The third-order valence-corrected chi connectivity index (χ3v) is 3.68. The van der Waals surface area contributed by atoms with Gasteiger partial charge in [-0.3, -0.25) is 0 Å². The minimum absolute atomic E-state index is 0.00956. The van der Waals surface area contributed by atoms with Gasteiger partial charge in [0.15, 0.2) is 6.29 Å². The van der Waals surface area contributed by atoms with Crippen molar-refractivity contribution in [1.29, 1.82) is 0 Å². The second kappa shape index (κ2) is 7.14. The molecule has 98 valence electrons. The lowest BCUT2D eigenvalue weighted by Gasteiger charge is -2.25. The van der Waals surface area contributed by atoms with Crippen LogP contribution >= 0.6 is 0 Å². The fourth-order valence-corrected chi connectivity index (χ4v) is 2.60. The summed E-state index contributed by atoms with van der Waals surface area (Å²) in [5, 5.41) is 9.80. The molecule has 0 bridgehead atoms. The molecular formula is C14H24O3. The van der Waals surface area contributed by atoms with Crippen molar-refractivity contribution in [2.75, 3.05) is 13.2 Å². The van der Waals surface area contributed by atoms with E-state index in [0.717, 1.165) is 38.7 Å². The second-order valence-corrected chi connectivity index (χ2v) is 5.07. The fourth-order valence-electron chi connectivity index (χ4n) is 2.60. The Morgan fingerprint density at radius 1 is 1.12 bits per heavy atom. The van der Waals surface area contributed by atoms with Crippen molar-refractivity contribution >= 4 is 0 Å². The Labute approximate surface area is 104 Å². The Hall–Kier alpha value is -0.380. The predicted octanol–water partition coefficient (Wildman–Crippen LogP) is 2.64. The average Bonchev–Trinajstić information content (AvgIpc) is 2.38. The molecule has 0 aromatic rings. The SMILES string of the molecule is O[C@@H]1CCCC[C@H]1/C=C/CO[C@H]1CCCCO1. The lowest BCUT2D eigenvalue weighted by Crippen LogP contribution is -2.23. The minimum atomic E-state index is -0.147. The first-order valence-electron chi connectivity index (χ1n) is 6.94. The van der Waals surface area contributed by atoms with E-state index in [4.69, 9.17) is 9.47 Å².